The second kappa shape index (κ2) is 10.9. The molecular weight excluding hydrogens is 443 g/mol. The van der Waals surface area contributed by atoms with Gasteiger partial charge in [-0.15, -0.1) is 0 Å². The molecule has 0 radical (unpaired) electrons. The molecule has 31 heavy (non-hydrogen) atoms. The minimum Gasteiger partial charge on any atom is -0.467 e. The van der Waals surface area contributed by atoms with Crippen molar-refractivity contribution in [2.75, 3.05) is 19.0 Å². The summed E-state index contributed by atoms with van der Waals surface area (Å²) in [7, 11) is 1.15. The van der Waals surface area contributed by atoms with E-state index in [0.29, 0.717) is 11.6 Å². The van der Waals surface area contributed by atoms with Gasteiger partial charge in [-0.1, -0.05) is 49.2 Å². The summed E-state index contributed by atoms with van der Waals surface area (Å²) in [5, 5.41) is 8.06. The smallest absolute Gasteiger partial charge is 0.330 e. The summed E-state index contributed by atoms with van der Waals surface area (Å²) < 4.78 is 4.65. The number of esters is 1. The van der Waals surface area contributed by atoms with Gasteiger partial charge in [-0.05, 0) is 35.7 Å². The number of primary amides is 1. The molecule has 0 aliphatic carbocycles. The molecule has 2 aromatic carbocycles. The van der Waals surface area contributed by atoms with Gasteiger partial charge in [0.1, 0.15) is 6.04 Å². The molecule has 0 spiro atoms. The fraction of sp³-hybridized carbons (Fsp3) is 0.286. The summed E-state index contributed by atoms with van der Waals surface area (Å²) in [6.45, 7) is 3.91. The molecule has 0 aromatic heterocycles. The third-order valence-electron chi connectivity index (χ3n) is 4.42. The van der Waals surface area contributed by atoms with Crippen LogP contribution in [0.4, 0.5) is 16.2 Å². The maximum Gasteiger partial charge on any atom is 0.330 e. The molecule has 0 fully saturated rings. The molecule has 2 aromatic rings. The zero-order chi connectivity index (χ0) is 23.1. The molecule has 0 saturated heterocycles. The van der Waals surface area contributed by atoms with E-state index in [1.165, 1.54) is 6.07 Å². The molecule has 0 heterocycles. The number of halogens is 2. The first-order valence-corrected chi connectivity index (χ1v) is 10.2. The number of benzene rings is 2. The van der Waals surface area contributed by atoms with E-state index in [2.05, 4.69) is 34.5 Å². The van der Waals surface area contributed by atoms with Crippen LogP contribution in [0.5, 0.6) is 0 Å². The van der Waals surface area contributed by atoms with Crippen molar-refractivity contribution in [2.45, 2.75) is 25.8 Å². The fourth-order valence-electron chi connectivity index (χ4n) is 2.76. The van der Waals surface area contributed by atoms with Crippen molar-refractivity contribution in [3.8, 4) is 0 Å². The Morgan fingerprint density at radius 3 is 2.45 bits per heavy atom. The molecule has 166 valence electrons. The van der Waals surface area contributed by atoms with Gasteiger partial charge in [0.15, 0.2) is 0 Å². The zero-order valence-corrected chi connectivity index (χ0v) is 18.8. The first-order chi connectivity index (χ1) is 14.6. The molecular formula is C21H24Cl2N4O4. The third kappa shape index (κ3) is 6.50. The number of ether oxygens (including phenoxy) is 1. The number of urea groups is 1. The largest absolute Gasteiger partial charge is 0.467 e. The number of carbonyl (C=O) groups is 3. The van der Waals surface area contributed by atoms with Crippen molar-refractivity contribution >= 4 is 52.5 Å². The lowest BCUT2D eigenvalue weighted by Gasteiger charge is -2.19. The van der Waals surface area contributed by atoms with E-state index in [9.17, 15) is 14.4 Å². The van der Waals surface area contributed by atoms with Crippen LogP contribution in [-0.2, 0) is 9.53 Å². The quantitative estimate of drug-likeness (QED) is 0.440. The molecule has 5 N–H and O–H groups in total. The average Bonchev–Trinajstić information content (AvgIpc) is 2.72. The van der Waals surface area contributed by atoms with Gasteiger partial charge in [0.2, 0.25) is 0 Å². The number of rotatable bonds is 8. The molecule has 1 atom stereocenters. The number of methoxy groups -OCH3 is 1. The highest BCUT2D eigenvalue weighted by Gasteiger charge is 2.26. The van der Waals surface area contributed by atoms with E-state index in [1.54, 1.807) is 6.07 Å². The molecule has 0 bridgehead atoms. The van der Waals surface area contributed by atoms with Gasteiger partial charge in [0.25, 0.3) is 5.91 Å². The average molecular weight is 467 g/mol. The van der Waals surface area contributed by atoms with Crippen molar-refractivity contribution < 1.29 is 19.1 Å². The lowest BCUT2D eigenvalue weighted by molar-refractivity contribution is -0.142. The Balaban J connectivity index is 2.30. The number of hydrogen-bond acceptors (Lipinski definition) is 5. The molecule has 3 amide bonds. The maximum absolute atomic E-state index is 12.9. The lowest BCUT2D eigenvalue weighted by Crippen LogP contribution is -2.50. The number of hydrogen-bond donors (Lipinski definition) is 4. The van der Waals surface area contributed by atoms with Gasteiger partial charge in [-0.2, -0.15) is 0 Å². The standard InChI is InChI=1S/C21H24Cl2N4O4/c1-11(2)12-5-4-6-13(9-12)26-15-8-7-14(22)17(18(15)23)19(28)27-16(20(29)31-3)10-25-21(24)30/h4-9,11,16,26H,10H2,1-3H3,(H,27,28)(H3,24,25,30)/t16-/m0/s1. The highest BCUT2D eigenvalue weighted by atomic mass is 35.5. The predicted molar refractivity (Wildman–Crippen MR) is 121 cm³/mol. The Bertz CT molecular complexity index is 982. The van der Waals surface area contributed by atoms with Gasteiger partial charge in [-0.25, -0.2) is 9.59 Å². The zero-order valence-electron chi connectivity index (χ0n) is 17.3. The molecule has 0 unspecified atom stereocenters. The van der Waals surface area contributed by atoms with Gasteiger partial charge in [-0.3, -0.25) is 4.79 Å². The molecule has 0 aliphatic rings. The molecule has 2 rings (SSSR count). The summed E-state index contributed by atoms with van der Waals surface area (Å²) in [6.07, 6.45) is 0. The molecule has 10 heteroatoms. The van der Waals surface area contributed by atoms with Gasteiger partial charge < -0.3 is 26.4 Å². The van der Waals surface area contributed by atoms with Crippen LogP contribution in [0.2, 0.25) is 10.0 Å². The van der Waals surface area contributed by atoms with E-state index in [0.717, 1.165) is 18.4 Å². The van der Waals surface area contributed by atoms with E-state index >= 15 is 0 Å². The second-order valence-electron chi connectivity index (χ2n) is 6.98. The van der Waals surface area contributed by atoms with E-state index in [-0.39, 0.29) is 22.2 Å². The number of nitrogens with two attached hydrogens (primary N) is 1. The van der Waals surface area contributed by atoms with Gasteiger partial charge >= 0.3 is 12.0 Å². The van der Waals surface area contributed by atoms with Crippen molar-refractivity contribution in [3.05, 3.63) is 57.6 Å². The summed E-state index contributed by atoms with van der Waals surface area (Å²) >= 11 is 12.7. The fourth-order valence-corrected chi connectivity index (χ4v) is 3.35. The summed E-state index contributed by atoms with van der Waals surface area (Å²) in [4.78, 5) is 35.8. The number of carbonyl (C=O) groups excluding carboxylic acids is 3. The normalized spacial score (nSPS) is 11.5. The number of anilines is 2. The van der Waals surface area contributed by atoms with Crippen molar-refractivity contribution in [3.63, 3.8) is 0 Å². The van der Waals surface area contributed by atoms with Crippen LogP contribution >= 0.6 is 23.2 Å². The van der Waals surface area contributed by atoms with Crippen LogP contribution in [0.15, 0.2) is 36.4 Å². The van der Waals surface area contributed by atoms with E-state index in [4.69, 9.17) is 28.9 Å². The van der Waals surface area contributed by atoms with E-state index in [1.807, 2.05) is 24.3 Å². The third-order valence-corrected chi connectivity index (χ3v) is 5.13. The van der Waals surface area contributed by atoms with Crippen LogP contribution < -0.4 is 21.7 Å². The number of nitrogens with one attached hydrogen (secondary N) is 3. The van der Waals surface area contributed by atoms with E-state index < -0.39 is 23.9 Å². The Labute approximate surface area is 190 Å². The summed E-state index contributed by atoms with van der Waals surface area (Å²) in [6, 6.07) is 8.93. The lowest BCUT2D eigenvalue weighted by atomic mass is 10.0. The molecule has 8 nitrogen and oxygen atoms in total. The topological polar surface area (TPSA) is 123 Å². The van der Waals surface area contributed by atoms with Crippen LogP contribution in [0.25, 0.3) is 0 Å². The monoisotopic (exact) mass is 466 g/mol. The molecule has 0 aliphatic heterocycles. The second-order valence-corrected chi connectivity index (χ2v) is 7.77. The highest BCUT2D eigenvalue weighted by molar-refractivity contribution is 6.41. The maximum atomic E-state index is 12.9. The van der Waals surface area contributed by atoms with Crippen LogP contribution in [0.1, 0.15) is 35.7 Å². The van der Waals surface area contributed by atoms with Crippen LogP contribution in [-0.4, -0.2) is 37.6 Å². The van der Waals surface area contributed by atoms with Gasteiger partial charge in [0, 0.05) is 5.69 Å². The first kappa shape index (κ1) is 24.3. The van der Waals surface area contributed by atoms with Crippen molar-refractivity contribution in [2.24, 2.45) is 5.73 Å². The Hall–Kier alpha value is -2.97. The summed E-state index contributed by atoms with van der Waals surface area (Å²) in [5.74, 6) is -1.14. The minimum absolute atomic E-state index is 0.0266. The first-order valence-electron chi connectivity index (χ1n) is 9.41. The van der Waals surface area contributed by atoms with Crippen LogP contribution in [0.3, 0.4) is 0 Å². The number of amides is 3. The van der Waals surface area contributed by atoms with Crippen molar-refractivity contribution in [1.82, 2.24) is 10.6 Å². The Morgan fingerprint density at radius 2 is 1.84 bits per heavy atom. The Kier molecular flexibility index (Phi) is 8.53. The summed E-state index contributed by atoms with van der Waals surface area (Å²) in [5.41, 5.74) is 7.39. The highest BCUT2D eigenvalue weighted by Crippen LogP contribution is 2.34. The molecule has 0 saturated carbocycles. The minimum atomic E-state index is -1.18. The Morgan fingerprint density at radius 1 is 1.13 bits per heavy atom. The van der Waals surface area contributed by atoms with Gasteiger partial charge in [0.05, 0.1) is 35.0 Å². The van der Waals surface area contributed by atoms with Crippen molar-refractivity contribution in [1.29, 1.82) is 0 Å². The SMILES string of the molecule is COC(=O)[C@H](CNC(N)=O)NC(=O)c1c(Cl)ccc(Nc2cccc(C(C)C)c2)c1Cl. The van der Waals surface area contributed by atoms with Crippen LogP contribution in [0, 0.1) is 0 Å². The predicted octanol–water partition coefficient (Wildman–Crippen LogP) is 3.80.